The lowest BCUT2D eigenvalue weighted by molar-refractivity contribution is 0.658. The van der Waals surface area contributed by atoms with Crippen LogP contribution in [0, 0.1) is 0 Å². The van der Waals surface area contributed by atoms with Crippen LogP contribution in [-0.4, -0.2) is 16.0 Å². The zero-order valence-electron chi connectivity index (χ0n) is 9.94. The summed E-state index contributed by atoms with van der Waals surface area (Å²) in [5.74, 6) is 0.864. The first-order valence-electron chi connectivity index (χ1n) is 6.11. The number of hydrogen-bond acceptors (Lipinski definition) is 3. The average Bonchev–Trinajstić information content (AvgIpc) is 3.22. The fourth-order valence-corrected chi connectivity index (χ4v) is 2.02. The van der Waals surface area contributed by atoms with Gasteiger partial charge < -0.3 is 5.32 Å². The summed E-state index contributed by atoms with van der Waals surface area (Å²) in [6.45, 7) is 0.769. The lowest BCUT2D eigenvalue weighted by Crippen LogP contribution is -2.17. The van der Waals surface area contributed by atoms with Gasteiger partial charge in [-0.25, -0.2) is 9.97 Å². The van der Waals surface area contributed by atoms with Gasteiger partial charge in [-0.2, -0.15) is 0 Å². The van der Waals surface area contributed by atoms with Crippen LogP contribution in [0.25, 0.3) is 11.1 Å². The third kappa shape index (κ3) is 2.94. The molecule has 1 aromatic carbocycles. The van der Waals surface area contributed by atoms with Crippen LogP contribution in [0.5, 0.6) is 0 Å². The molecule has 0 unspecified atom stereocenters. The first-order chi connectivity index (χ1) is 8.81. The Kier molecular flexibility index (Phi) is 3.39. The highest BCUT2D eigenvalue weighted by Crippen LogP contribution is 2.21. The van der Waals surface area contributed by atoms with Crippen molar-refractivity contribution in [2.24, 2.45) is 0 Å². The predicted molar refractivity (Wildman–Crippen MR) is 75.0 cm³/mol. The number of aromatic nitrogens is 2. The van der Waals surface area contributed by atoms with Gasteiger partial charge in [0.05, 0.1) is 6.54 Å². The summed E-state index contributed by atoms with van der Waals surface area (Å²) in [5.41, 5.74) is 2.19. The Labute approximate surface area is 115 Å². The van der Waals surface area contributed by atoms with Crippen molar-refractivity contribution in [3.05, 3.63) is 47.0 Å². The molecule has 1 aliphatic rings. The molecule has 0 aliphatic heterocycles. The van der Waals surface area contributed by atoms with Gasteiger partial charge in [-0.1, -0.05) is 28.1 Å². The summed E-state index contributed by atoms with van der Waals surface area (Å²) in [6, 6.07) is 8.87. The van der Waals surface area contributed by atoms with Crippen LogP contribution in [0.1, 0.15) is 18.7 Å². The van der Waals surface area contributed by atoms with Crippen LogP contribution in [0.15, 0.2) is 41.1 Å². The van der Waals surface area contributed by atoms with Gasteiger partial charge in [-0.05, 0) is 30.5 Å². The van der Waals surface area contributed by atoms with Crippen molar-refractivity contribution in [2.75, 3.05) is 0 Å². The fourth-order valence-electron chi connectivity index (χ4n) is 1.76. The molecule has 0 radical (unpaired) electrons. The summed E-state index contributed by atoms with van der Waals surface area (Å²) < 4.78 is 1.08. The second-order valence-electron chi connectivity index (χ2n) is 4.55. The van der Waals surface area contributed by atoms with Crippen molar-refractivity contribution >= 4 is 15.9 Å². The quantitative estimate of drug-likeness (QED) is 0.943. The van der Waals surface area contributed by atoms with Crippen LogP contribution < -0.4 is 5.32 Å². The molecule has 0 bridgehead atoms. The molecule has 1 aromatic heterocycles. The molecule has 1 N–H and O–H groups in total. The number of halogens is 1. The summed E-state index contributed by atoms with van der Waals surface area (Å²) >= 11 is 3.43. The third-order valence-corrected chi connectivity index (χ3v) is 3.54. The molecule has 0 atom stereocenters. The molecule has 4 heteroatoms. The van der Waals surface area contributed by atoms with Crippen LogP contribution in [-0.2, 0) is 6.54 Å². The minimum atomic E-state index is 0.694. The Bertz CT molecular complexity index is 518. The van der Waals surface area contributed by atoms with Gasteiger partial charge in [-0.15, -0.1) is 0 Å². The molecular weight excluding hydrogens is 290 g/mol. The molecule has 1 aliphatic carbocycles. The van der Waals surface area contributed by atoms with Crippen molar-refractivity contribution in [2.45, 2.75) is 25.4 Å². The first kappa shape index (κ1) is 11.8. The van der Waals surface area contributed by atoms with E-state index >= 15 is 0 Å². The Morgan fingerprint density at radius 3 is 2.33 bits per heavy atom. The number of benzene rings is 1. The van der Waals surface area contributed by atoms with Gasteiger partial charge in [0.25, 0.3) is 0 Å². The minimum absolute atomic E-state index is 0.694. The summed E-state index contributed by atoms with van der Waals surface area (Å²) in [5, 5.41) is 3.41. The van der Waals surface area contributed by atoms with Crippen molar-refractivity contribution in [1.29, 1.82) is 0 Å². The predicted octanol–water partition coefficient (Wildman–Crippen LogP) is 3.16. The zero-order chi connectivity index (χ0) is 12.4. The number of nitrogens with zero attached hydrogens (tertiary/aromatic N) is 2. The minimum Gasteiger partial charge on any atom is -0.307 e. The molecule has 1 heterocycles. The highest BCUT2D eigenvalue weighted by Gasteiger charge is 2.20. The molecule has 2 aromatic rings. The van der Waals surface area contributed by atoms with Gasteiger partial charge in [0.1, 0.15) is 5.82 Å². The van der Waals surface area contributed by atoms with E-state index in [9.17, 15) is 0 Å². The molecule has 1 saturated carbocycles. The van der Waals surface area contributed by atoms with Gasteiger partial charge in [0.2, 0.25) is 0 Å². The highest BCUT2D eigenvalue weighted by atomic mass is 79.9. The molecular formula is C14H14BrN3. The van der Waals surface area contributed by atoms with Crippen molar-refractivity contribution < 1.29 is 0 Å². The zero-order valence-corrected chi connectivity index (χ0v) is 11.5. The normalized spacial score (nSPS) is 14.7. The maximum Gasteiger partial charge on any atom is 0.141 e. The second kappa shape index (κ2) is 5.16. The van der Waals surface area contributed by atoms with Crippen LogP contribution >= 0.6 is 15.9 Å². The van der Waals surface area contributed by atoms with Gasteiger partial charge in [0, 0.05) is 28.5 Å². The lowest BCUT2D eigenvalue weighted by Gasteiger charge is -2.04. The molecule has 0 saturated heterocycles. The molecule has 0 amide bonds. The molecule has 92 valence electrons. The van der Waals surface area contributed by atoms with Crippen LogP contribution in [0.2, 0.25) is 0 Å². The Balaban J connectivity index is 1.71. The van der Waals surface area contributed by atoms with Crippen LogP contribution in [0.3, 0.4) is 0 Å². The van der Waals surface area contributed by atoms with E-state index in [1.165, 1.54) is 12.8 Å². The van der Waals surface area contributed by atoms with E-state index in [0.717, 1.165) is 28.0 Å². The van der Waals surface area contributed by atoms with E-state index in [0.29, 0.717) is 6.04 Å². The molecule has 18 heavy (non-hydrogen) atoms. The van der Waals surface area contributed by atoms with E-state index in [4.69, 9.17) is 0 Å². The van der Waals surface area contributed by atoms with Crippen molar-refractivity contribution in [3.63, 3.8) is 0 Å². The van der Waals surface area contributed by atoms with E-state index in [1.54, 1.807) is 0 Å². The van der Waals surface area contributed by atoms with Gasteiger partial charge >= 0.3 is 0 Å². The second-order valence-corrected chi connectivity index (χ2v) is 5.47. The number of hydrogen-bond donors (Lipinski definition) is 1. The Morgan fingerprint density at radius 2 is 1.72 bits per heavy atom. The summed E-state index contributed by atoms with van der Waals surface area (Å²) in [7, 11) is 0. The molecule has 3 nitrogen and oxygen atoms in total. The van der Waals surface area contributed by atoms with E-state index in [1.807, 2.05) is 24.5 Å². The fraction of sp³-hybridized carbons (Fsp3) is 0.286. The number of rotatable bonds is 4. The largest absolute Gasteiger partial charge is 0.307 e. The molecule has 0 spiro atoms. The molecule has 3 rings (SSSR count). The monoisotopic (exact) mass is 303 g/mol. The first-order valence-corrected chi connectivity index (χ1v) is 6.91. The highest BCUT2D eigenvalue weighted by molar-refractivity contribution is 9.10. The average molecular weight is 304 g/mol. The maximum atomic E-state index is 4.39. The van der Waals surface area contributed by atoms with Gasteiger partial charge in [-0.3, -0.25) is 0 Å². The standard InChI is InChI=1S/C14H14BrN3/c15-12-3-1-10(2-4-12)11-7-17-14(18-8-11)9-16-13-5-6-13/h1-4,7-8,13,16H,5-6,9H2. The maximum absolute atomic E-state index is 4.39. The smallest absolute Gasteiger partial charge is 0.141 e. The summed E-state index contributed by atoms with van der Waals surface area (Å²) in [4.78, 5) is 8.78. The van der Waals surface area contributed by atoms with Crippen LogP contribution in [0.4, 0.5) is 0 Å². The summed E-state index contributed by atoms with van der Waals surface area (Å²) in [6.07, 6.45) is 6.36. The van der Waals surface area contributed by atoms with Gasteiger partial charge in [0.15, 0.2) is 0 Å². The third-order valence-electron chi connectivity index (χ3n) is 3.01. The SMILES string of the molecule is Brc1ccc(-c2cnc(CNC3CC3)nc2)cc1. The topological polar surface area (TPSA) is 37.8 Å². The van der Waals surface area contributed by atoms with Crippen molar-refractivity contribution in [3.8, 4) is 11.1 Å². The molecule has 1 fully saturated rings. The van der Waals surface area contributed by atoms with E-state index in [-0.39, 0.29) is 0 Å². The van der Waals surface area contributed by atoms with E-state index in [2.05, 4.69) is 43.3 Å². The lowest BCUT2D eigenvalue weighted by atomic mass is 10.1. The van der Waals surface area contributed by atoms with E-state index < -0.39 is 0 Å². The van der Waals surface area contributed by atoms with Crippen molar-refractivity contribution in [1.82, 2.24) is 15.3 Å². The number of nitrogens with one attached hydrogen (secondary N) is 1. The Hall–Kier alpha value is -1.26. The Morgan fingerprint density at radius 1 is 1.06 bits per heavy atom.